The Kier molecular flexibility index (Phi) is 1.86. The second-order valence-corrected chi connectivity index (χ2v) is 2.86. The summed E-state index contributed by atoms with van der Waals surface area (Å²) in [7, 11) is 0. The minimum atomic E-state index is -0.794. The van der Waals surface area contributed by atoms with Crippen molar-refractivity contribution in [2.24, 2.45) is 0 Å². The summed E-state index contributed by atoms with van der Waals surface area (Å²) in [5, 5.41) is 9.22. The van der Waals surface area contributed by atoms with Gasteiger partial charge in [-0.2, -0.15) is 0 Å². The Balaban J connectivity index is 1.95. The second kappa shape index (κ2) is 2.87. The smallest absolute Gasteiger partial charge is 0.294 e. The maximum Gasteiger partial charge on any atom is 0.294 e. The van der Waals surface area contributed by atoms with Crippen molar-refractivity contribution >= 4 is 0 Å². The van der Waals surface area contributed by atoms with Gasteiger partial charge in [0.05, 0.1) is 12.7 Å². The molecule has 6 heteroatoms. The summed E-state index contributed by atoms with van der Waals surface area (Å²) < 4.78 is 10.5. The highest BCUT2D eigenvalue weighted by Crippen LogP contribution is 2.28. The van der Waals surface area contributed by atoms with Crippen molar-refractivity contribution in [1.29, 1.82) is 0 Å². The lowest BCUT2D eigenvalue weighted by atomic mass is 10.1. The molecule has 68 valence electrons. The Labute approximate surface area is 68.5 Å². The fourth-order valence-electron chi connectivity index (χ4n) is 1.63. The quantitative estimate of drug-likeness (QED) is 0.427. The predicted molar refractivity (Wildman–Crippen MR) is 36.0 cm³/mol. The van der Waals surface area contributed by atoms with E-state index in [1.54, 1.807) is 0 Å². The van der Waals surface area contributed by atoms with Crippen LogP contribution < -0.4 is 0 Å². The van der Waals surface area contributed by atoms with E-state index in [0.717, 1.165) is 6.42 Å². The highest BCUT2D eigenvalue weighted by atomic mass is 17.0. The van der Waals surface area contributed by atoms with Crippen LogP contribution in [0.15, 0.2) is 0 Å². The molecule has 0 aromatic carbocycles. The Morgan fingerprint density at radius 2 is 2.33 bits per heavy atom. The molecular weight excluding hydrogens is 166 g/mol. The fraction of sp³-hybridized carbons (Fsp3) is 1.00. The molecule has 2 saturated heterocycles. The van der Waals surface area contributed by atoms with Gasteiger partial charge in [0.25, 0.3) is 5.09 Å². The molecule has 0 radical (unpaired) electrons. The van der Waals surface area contributed by atoms with Gasteiger partial charge in [0.1, 0.15) is 6.10 Å². The third-order valence-electron chi connectivity index (χ3n) is 2.14. The number of ether oxygens (including phenoxy) is 2. The van der Waals surface area contributed by atoms with E-state index < -0.39 is 11.2 Å². The molecule has 0 saturated carbocycles. The normalized spacial score (nSPS) is 39.5. The van der Waals surface area contributed by atoms with Crippen molar-refractivity contribution in [2.75, 3.05) is 13.2 Å². The first-order valence-electron chi connectivity index (χ1n) is 3.82. The highest BCUT2D eigenvalue weighted by molar-refractivity contribution is 4.89. The van der Waals surface area contributed by atoms with Gasteiger partial charge in [-0.3, -0.25) is 0 Å². The molecule has 3 unspecified atom stereocenters. The van der Waals surface area contributed by atoms with E-state index >= 15 is 0 Å². The first-order valence-corrected chi connectivity index (χ1v) is 3.82. The van der Waals surface area contributed by atoms with Crippen molar-refractivity contribution < 1.29 is 19.4 Å². The van der Waals surface area contributed by atoms with Crippen LogP contribution in [0, 0.1) is 10.1 Å². The van der Waals surface area contributed by atoms with Crippen LogP contribution in [0.5, 0.6) is 0 Å². The molecule has 2 aliphatic heterocycles. The third-order valence-corrected chi connectivity index (χ3v) is 2.14. The van der Waals surface area contributed by atoms with E-state index in [-0.39, 0.29) is 18.8 Å². The molecule has 0 aromatic heterocycles. The Bertz CT molecular complexity index is 196. The van der Waals surface area contributed by atoms with Crippen LogP contribution in [-0.4, -0.2) is 36.6 Å². The van der Waals surface area contributed by atoms with Gasteiger partial charge in [-0.25, -0.2) is 0 Å². The summed E-state index contributed by atoms with van der Waals surface area (Å²) in [4.78, 5) is 14.4. The minimum Gasteiger partial charge on any atom is -0.373 e. The SMILES string of the molecule is O=[N+]([O-])OC1COC2CCOC21. The fourth-order valence-corrected chi connectivity index (χ4v) is 1.63. The van der Waals surface area contributed by atoms with Gasteiger partial charge in [0.15, 0.2) is 6.10 Å². The van der Waals surface area contributed by atoms with Crippen LogP contribution in [-0.2, 0) is 14.3 Å². The van der Waals surface area contributed by atoms with Crippen LogP contribution in [0.1, 0.15) is 6.42 Å². The first kappa shape index (κ1) is 7.75. The molecule has 0 N–H and O–H groups in total. The maximum atomic E-state index is 10.0. The largest absolute Gasteiger partial charge is 0.373 e. The minimum absolute atomic E-state index is 0.00468. The predicted octanol–water partition coefficient (Wildman–Crippen LogP) is -0.249. The van der Waals surface area contributed by atoms with Gasteiger partial charge in [-0.05, 0) is 6.42 Å². The molecule has 6 nitrogen and oxygen atoms in total. The summed E-state index contributed by atoms with van der Waals surface area (Å²) in [5.41, 5.74) is 0. The lowest BCUT2D eigenvalue weighted by molar-refractivity contribution is -0.769. The lowest BCUT2D eigenvalue weighted by Gasteiger charge is -2.12. The Hall–Kier alpha value is -0.880. The van der Waals surface area contributed by atoms with Crippen LogP contribution in [0.4, 0.5) is 0 Å². The van der Waals surface area contributed by atoms with E-state index in [2.05, 4.69) is 4.84 Å². The van der Waals surface area contributed by atoms with Crippen molar-refractivity contribution in [3.63, 3.8) is 0 Å². The van der Waals surface area contributed by atoms with Crippen molar-refractivity contribution in [3.8, 4) is 0 Å². The van der Waals surface area contributed by atoms with Crippen LogP contribution in [0.3, 0.4) is 0 Å². The number of hydrogen-bond donors (Lipinski definition) is 0. The molecule has 2 heterocycles. The summed E-state index contributed by atoms with van der Waals surface area (Å²) in [6.45, 7) is 0.864. The number of hydrogen-bond acceptors (Lipinski definition) is 5. The molecule has 0 bridgehead atoms. The topological polar surface area (TPSA) is 70.8 Å². The van der Waals surface area contributed by atoms with Crippen molar-refractivity contribution in [2.45, 2.75) is 24.7 Å². The molecule has 0 aliphatic carbocycles. The molecule has 0 spiro atoms. The zero-order valence-electron chi connectivity index (χ0n) is 6.34. The monoisotopic (exact) mass is 175 g/mol. The van der Waals surface area contributed by atoms with Crippen molar-refractivity contribution in [3.05, 3.63) is 10.1 Å². The molecule has 2 aliphatic rings. The van der Waals surface area contributed by atoms with E-state index in [4.69, 9.17) is 9.47 Å². The Morgan fingerprint density at radius 3 is 3.08 bits per heavy atom. The van der Waals surface area contributed by atoms with E-state index in [0.29, 0.717) is 6.61 Å². The van der Waals surface area contributed by atoms with Crippen LogP contribution in [0.25, 0.3) is 0 Å². The number of fused-ring (bicyclic) bond motifs is 1. The van der Waals surface area contributed by atoms with Gasteiger partial charge >= 0.3 is 0 Å². The second-order valence-electron chi connectivity index (χ2n) is 2.86. The van der Waals surface area contributed by atoms with E-state index in [9.17, 15) is 10.1 Å². The van der Waals surface area contributed by atoms with Gasteiger partial charge in [-0.1, -0.05) is 0 Å². The van der Waals surface area contributed by atoms with E-state index in [1.165, 1.54) is 0 Å². The van der Waals surface area contributed by atoms with Gasteiger partial charge in [-0.15, -0.1) is 10.1 Å². The molecule has 3 atom stereocenters. The summed E-state index contributed by atoms with van der Waals surface area (Å²) in [5.74, 6) is 0. The van der Waals surface area contributed by atoms with Crippen LogP contribution in [0.2, 0.25) is 0 Å². The van der Waals surface area contributed by atoms with Gasteiger partial charge in [0, 0.05) is 6.61 Å². The van der Waals surface area contributed by atoms with Gasteiger partial charge < -0.3 is 14.3 Å². The van der Waals surface area contributed by atoms with Gasteiger partial charge in [0.2, 0.25) is 0 Å². The number of nitrogens with zero attached hydrogens (tertiary/aromatic N) is 1. The maximum absolute atomic E-state index is 10.0. The number of rotatable bonds is 2. The summed E-state index contributed by atoms with van der Waals surface area (Å²) in [6, 6.07) is 0. The summed E-state index contributed by atoms with van der Waals surface area (Å²) in [6.07, 6.45) is 0.0280. The summed E-state index contributed by atoms with van der Waals surface area (Å²) >= 11 is 0. The standard InChI is InChI=1S/C6H9NO5/c8-7(9)12-5-3-11-4-1-2-10-6(4)5/h4-6H,1-3H2. The van der Waals surface area contributed by atoms with Crippen molar-refractivity contribution in [1.82, 2.24) is 0 Å². The lowest BCUT2D eigenvalue weighted by Crippen LogP contribution is -2.31. The molecule has 12 heavy (non-hydrogen) atoms. The zero-order chi connectivity index (χ0) is 8.55. The molecule has 2 fully saturated rings. The molecule has 0 amide bonds. The molecule has 0 aromatic rings. The molecule has 2 rings (SSSR count). The zero-order valence-corrected chi connectivity index (χ0v) is 6.34. The van der Waals surface area contributed by atoms with Crippen LogP contribution >= 0.6 is 0 Å². The average molecular weight is 175 g/mol. The third kappa shape index (κ3) is 1.23. The molecular formula is C6H9NO5. The average Bonchev–Trinajstić information content (AvgIpc) is 2.52. The van der Waals surface area contributed by atoms with E-state index in [1.807, 2.05) is 0 Å². The highest BCUT2D eigenvalue weighted by Gasteiger charge is 2.43. The Morgan fingerprint density at radius 1 is 1.50 bits per heavy atom. The first-order chi connectivity index (χ1) is 5.77.